The molecule has 0 saturated heterocycles. The van der Waals surface area contributed by atoms with Crippen molar-refractivity contribution in [3.05, 3.63) is 0 Å². The van der Waals surface area contributed by atoms with E-state index in [0.717, 1.165) is 6.92 Å². The Morgan fingerprint density at radius 2 is 0.575 bits per heavy atom. The van der Waals surface area contributed by atoms with Crippen molar-refractivity contribution in [2.75, 3.05) is 6.61 Å². The van der Waals surface area contributed by atoms with Crippen LogP contribution in [0.15, 0.2) is 5.16 Å². The van der Waals surface area contributed by atoms with Crippen LogP contribution in [-0.4, -0.2) is 134 Å². The minimum absolute atomic E-state index is 0.414. The van der Waals surface area contributed by atoms with Crippen LogP contribution in [0.2, 0.25) is 18.1 Å². The summed E-state index contributed by atoms with van der Waals surface area (Å²) in [6.45, 7) is -0.967. The van der Waals surface area contributed by atoms with E-state index in [1.807, 2.05) is 0 Å². The summed E-state index contributed by atoms with van der Waals surface area (Å²) in [6, 6.07) is -10.4. The zero-order valence-electron chi connectivity index (χ0n) is 34.2. The van der Waals surface area contributed by atoms with E-state index in [-0.39, 0.29) is 0 Å². The summed E-state index contributed by atoms with van der Waals surface area (Å²) in [6.07, 6.45) is -37.9. The topological polar surface area (TPSA) is 30.8 Å². The molecule has 0 spiro atoms. The highest BCUT2D eigenvalue weighted by molar-refractivity contribution is 6.73. The van der Waals surface area contributed by atoms with Crippen LogP contribution < -0.4 is 0 Å². The van der Waals surface area contributed by atoms with E-state index in [1.165, 1.54) is 0 Å². The molecule has 0 aliphatic carbocycles. The molecule has 3 nitrogen and oxygen atoms in total. The molecule has 43 heteroatoms. The predicted molar refractivity (Wildman–Crippen MR) is 160 cm³/mol. The van der Waals surface area contributed by atoms with Gasteiger partial charge in [-0.1, -0.05) is 5.16 Å². The van der Waals surface area contributed by atoms with Gasteiger partial charge in [-0.2, -0.15) is 171 Å². The van der Waals surface area contributed by atoms with E-state index in [0.29, 0.717) is 6.92 Å². The lowest BCUT2D eigenvalue weighted by atomic mass is 9.93. The van der Waals surface area contributed by atoms with Crippen molar-refractivity contribution in [3.8, 4) is 0 Å². The van der Waals surface area contributed by atoms with Gasteiger partial charge < -0.3 is 9.26 Å². The first-order valence-electron chi connectivity index (χ1n) is 17.9. The van der Waals surface area contributed by atoms with E-state index in [2.05, 4.69) is 14.4 Å². The maximum atomic E-state index is 15.0. The Morgan fingerprint density at radius 1 is 0.370 bits per heavy atom. The van der Waals surface area contributed by atoms with Crippen LogP contribution >= 0.6 is 0 Å². The van der Waals surface area contributed by atoms with Gasteiger partial charge in [-0.25, -0.2) is 0 Å². The van der Waals surface area contributed by atoms with E-state index >= 15 is 26.3 Å². The lowest BCUT2D eigenvalue weighted by Gasteiger charge is -2.43. The van der Waals surface area contributed by atoms with E-state index in [4.69, 9.17) is 0 Å². The number of nitrogens with zero attached hydrogens (tertiary/aromatic N) is 1. The molecule has 436 valence electrons. The SMILES string of the molecule is CC1=NOC(C)(CO[Si](CCC(F)(F)C(F)(F)C(F)(F)C(F)(F)C(F)(F)C(F)(F)F)(CCC(F)(F)C(F)(F)C(F)(F)C(F)(F)C(F)(F)C(F)(F)F)CCC(F)(F)C(F)(F)C(F)(F)C(F)(F)C(F)(F)C(F)(F)F)C1. The minimum atomic E-state index is -8.91. The molecule has 0 saturated carbocycles. The Labute approximate surface area is 377 Å². The summed E-state index contributed by atoms with van der Waals surface area (Å²) in [5, 5.41) is 3.01. The molecule has 73 heavy (non-hydrogen) atoms. The summed E-state index contributed by atoms with van der Waals surface area (Å²) in [4.78, 5) is 4.52. The van der Waals surface area contributed by atoms with Gasteiger partial charge in [0.15, 0.2) is 13.9 Å². The molecule has 1 aliphatic rings. The standard InChI is InChI=1S/C30H22F39NO2Si/c1-11-9-12(2,72-70-11)10-71-73(6-3-13(31,32)16(37,38)19(43,44)22(49,50)25(55,56)28(61,62)63,7-4-14(33,34)17(39,40)20(45,46)23(51,52)26(57,58)29(64,65)66)8-5-15(35,36)18(41,42)21(47,48)24(53,54)27(59,60)30(67,68)69/h3-10H2,1-2H3. The Bertz CT molecular complexity index is 1770. The smallest absolute Gasteiger partial charge is 0.413 e. The monoisotopic (exact) mass is 1200 g/mol. The van der Waals surface area contributed by atoms with Crippen molar-refractivity contribution in [3.63, 3.8) is 0 Å². The second-order valence-electron chi connectivity index (χ2n) is 16.0. The van der Waals surface area contributed by atoms with Gasteiger partial charge in [-0.15, -0.1) is 0 Å². The van der Waals surface area contributed by atoms with Gasteiger partial charge >= 0.3 is 107 Å². The molecule has 0 N–H and O–H groups in total. The fourth-order valence-electron chi connectivity index (χ4n) is 5.80. The Balaban J connectivity index is 4.41. The molecular weight excluding hydrogens is 1180 g/mol. The van der Waals surface area contributed by atoms with Gasteiger partial charge in [0.2, 0.25) is 0 Å². The molecular formula is C30H22F39NO2Si. The third-order valence-electron chi connectivity index (χ3n) is 10.4. The highest BCUT2D eigenvalue weighted by Crippen LogP contribution is 2.65. The Morgan fingerprint density at radius 3 is 0.753 bits per heavy atom. The highest BCUT2D eigenvalue weighted by atomic mass is 28.4. The van der Waals surface area contributed by atoms with Gasteiger partial charge in [-0.3, -0.25) is 0 Å². The molecule has 0 aromatic rings. The van der Waals surface area contributed by atoms with Crippen LogP contribution in [0.5, 0.6) is 0 Å². The molecule has 1 rings (SSSR count). The molecule has 1 unspecified atom stereocenters. The van der Waals surface area contributed by atoms with Crippen molar-refractivity contribution in [2.45, 2.75) is 171 Å². The number of oxime groups is 1. The summed E-state index contributed by atoms with van der Waals surface area (Å²) in [5.41, 5.74) is -3.17. The van der Waals surface area contributed by atoms with E-state index in [1.54, 1.807) is 0 Å². The van der Waals surface area contributed by atoms with Crippen LogP contribution in [0.3, 0.4) is 0 Å². The van der Waals surface area contributed by atoms with Gasteiger partial charge in [0.1, 0.15) is 0 Å². The molecule has 1 atom stereocenters. The van der Waals surface area contributed by atoms with Gasteiger partial charge in [0, 0.05) is 25.7 Å². The third kappa shape index (κ3) is 10.6. The van der Waals surface area contributed by atoms with Crippen LogP contribution in [0.25, 0.3) is 0 Å². The molecule has 1 aliphatic heterocycles. The summed E-state index contributed by atoms with van der Waals surface area (Å²) in [5.74, 6) is -128. The molecule has 0 aromatic heterocycles. The molecule has 1 heterocycles. The largest absolute Gasteiger partial charge is 0.460 e. The lowest BCUT2D eigenvalue weighted by molar-refractivity contribution is -0.440. The zero-order valence-corrected chi connectivity index (χ0v) is 35.2. The number of rotatable bonds is 24. The van der Waals surface area contributed by atoms with Gasteiger partial charge in [-0.05, 0) is 32.0 Å². The number of hydrogen-bond donors (Lipinski definition) is 0. The number of alkyl halides is 39. The minimum Gasteiger partial charge on any atom is -0.413 e. The number of hydrogen-bond acceptors (Lipinski definition) is 3. The quantitative estimate of drug-likeness (QED) is 0.0712. The molecule has 0 bridgehead atoms. The average molecular weight is 1200 g/mol. The average Bonchev–Trinajstić information content (AvgIpc) is 3.52. The lowest BCUT2D eigenvalue weighted by Crippen LogP contribution is -2.70. The molecule has 0 amide bonds. The van der Waals surface area contributed by atoms with Crippen LogP contribution in [-0.2, 0) is 9.26 Å². The normalized spacial score (nSPS) is 19.4. The van der Waals surface area contributed by atoms with Gasteiger partial charge in [0.25, 0.3) is 0 Å². The summed E-state index contributed by atoms with van der Waals surface area (Å²) >= 11 is 0. The predicted octanol–water partition coefficient (Wildman–Crippen LogP) is 15.9. The Kier molecular flexibility index (Phi) is 17.3. The van der Waals surface area contributed by atoms with Crippen LogP contribution in [0, 0.1) is 0 Å². The molecule has 0 aromatic carbocycles. The van der Waals surface area contributed by atoms with Crippen molar-refractivity contribution in [2.24, 2.45) is 5.16 Å². The van der Waals surface area contributed by atoms with Crippen molar-refractivity contribution in [1.29, 1.82) is 0 Å². The second kappa shape index (κ2) is 18.5. The maximum Gasteiger partial charge on any atom is 0.460 e. The number of halogens is 39. The fourth-order valence-corrected chi connectivity index (χ4v) is 9.90. The van der Waals surface area contributed by atoms with E-state index < -0.39 is 177 Å². The maximum absolute atomic E-state index is 15.0. The first kappa shape index (κ1) is 67.9. The van der Waals surface area contributed by atoms with Crippen molar-refractivity contribution >= 4 is 14.0 Å². The fraction of sp³-hybridized carbons (Fsp3) is 0.967. The second-order valence-corrected chi connectivity index (χ2v) is 20.2. The first-order chi connectivity index (χ1) is 31.2. The third-order valence-corrected chi connectivity index (χ3v) is 14.7. The van der Waals surface area contributed by atoms with Crippen LogP contribution in [0.4, 0.5) is 171 Å². The molecule has 0 radical (unpaired) electrons. The summed E-state index contributed by atoms with van der Waals surface area (Å²) < 4.78 is 545. The zero-order chi connectivity index (χ0) is 59.4. The van der Waals surface area contributed by atoms with Gasteiger partial charge in [0.05, 0.1) is 12.3 Å². The first-order valence-corrected chi connectivity index (χ1v) is 20.4. The molecule has 0 fully saturated rings. The van der Waals surface area contributed by atoms with Crippen LogP contribution in [0.1, 0.15) is 39.5 Å². The highest BCUT2D eigenvalue weighted by Gasteiger charge is 2.93. The summed E-state index contributed by atoms with van der Waals surface area (Å²) in [7, 11) is -7.37. The van der Waals surface area contributed by atoms with E-state index in [9.17, 15) is 145 Å². The Hall–Kier alpha value is -3.08. The van der Waals surface area contributed by atoms with Crippen molar-refractivity contribution < 1.29 is 180 Å². The van der Waals surface area contributed by atoms with Crippen molar-refractivity contribution in [1.82, 2.24) is 0 Å².